The Labute approximate surface area is 106 Å². The van der Waals surface area contributed by atoms with Crippen LogP contribution in [-0.4, -0.2) is 12.3 Å². The molecule has 0 aliphatic rings. The van der Waals surface area contributed by atoms with Gasteiger partial charge in [-0.3, -0.25) is 0 Å². The summed E-state index contributed by atoms with van der Waals surface area (Å²) in [4.78, 5) is 4.07. The molecule has 2 aromatic carbocycles. The van der Waals surface area contributed by atoms with Crippen LogP contribution in [0.5, 0.6) is 5.75 Å². The van der Waals surface area contributed by atoms with E-state index in [0.717, 1.165) is 22.6 Å². The Hall–Kier alpha value is -1.96. The minimum absolute atomic E-state index is 0.798. The van der Waals surface area contributed by atoms with Crippen LogP contribution >= 0.6 is 12.2 Å². The number of hydrogen-bond acceptors (Lipinski definition) is 3. The summed E-state index contributed by atoms with van der Waals surface area (Å²) in [6.07, 6.45) is 0. The molecule has 2 aromatic rings. The summed E-state index contributed by atoms with van der Waals surface area (Å²) in [6, 6.07) is 15.6. The summed E-state index contributed by atoms with van der Waals surface area (Å²) in [5.74, 6) is 0.819. The molecule has 0 heterocycles. The highest BCUT2D eigenvalue weighted by Crippen LogP contribution is 2.35. The van der Waals surface area contributed by atoms with Crippen molar-refractivity contribution >= 4 is 23.1 Å². The van der Waals surface area contributed by atoms with E-state index in [-0.39, 0.29) is 0 Å². The molecular formula is C14H11NOS. The van der Waals surface area contributed by atoms with Crippen molar-refractivity contribution in [1.29, 1.82) is 0 Å². The average molecular weight is 241 g/mol. The Balaban J connectivity index is 2.63. The Morgan fingerprint density at radius 2 is 1.65 bits per heavy atom. The second-order valence-electron chi connectivity index (χ2n) is 3.42. The summed E-state index contributed by atoms with van der Waals surface area (Å²) in [6.45, 7) is 0. The van der Waals surface area contributed by atoms with Gasteiger partial charge in [-0.2, -0.15) is 4.99 Å². The van der Waals surface area contributed by atoms with Crippen LogP contribution in [-0.2, 0) is 0 Å². The molecule has 0 atom stereocenters. The van der Waals surface area contributed by atoms with Crippen molar-refractivity contribution in [1.82, 2.24) is 0 Å². The van der Waals surface area contributed by atoms with Gasteiger partial charge in [0.1, 0.15) is 5.75 Å². The van der Waals surface area contributed by atoms with Crippen LogP contribution in [0.25, 0.3) is 11.1 Å². The van der Waals surface area contributed by atoms with Gasteiger partial charge in [0.2, 0.25) is 0 Å². The first kappa shape index (κ1) is 11.5. The van der Waals surface area contributed by atoms with Crippen molar-refractivity contribution in [2.75, 3.05) is 7.11 Å². The molecule has 2 nitrogen and oxygen atoms in total. The predicted octanol–water partition coefficient (Wildman–Crippen LogP) is 4.10. The largest absolute Gasteiger partial charge is 0.496 e. The fourth-order valence-corrected chi connectivity index (χ4v) is 1.81. The van der Waals surface area contributed by atoms with Gasteiger partial charge in [0, 0.05) is 11.1 Å². The molecule has 0 unspecified atom stereocenters. The lowest BCUT2D eigenvalue weighted by Crippen LogP contribution is -1.87. The van der Waals surface area contributed by atoms with Gasteiger partial charge >= 0.3 is 0 Å². The maximum Gasteiger partial charge on any atom is 0.126 e. The fourth-order valence-electron chi connectivity index (χ4n) is 1.72. The van der Waals surface area contributed by atoms with Crippen LogP contribution in [0, 0.1) is 0 Å². The van der Waals surface area contributed by atoms with Crippen LogP contribution in [0.2, 0.25) is 0 Å². The van der Waals surface area contributed by atoms with E-state index < -0.39 is 0 Å². The maximum atomic E-state index is 5.34. The van der Waals surface area contributed by atoms with Gasteiger partial charge in [-0.25, -0.2) is 0 Å². The summed E-state index contributed by atoms with van der Waals surface area (Å²) in [5, 5.41) is 2.40. The number of methoxy groups -OCH3 is 1. The zero-order valence-electron chi connectivity index (χ0n) is 9.38. The molecule has 17 heavy (non-hydrogen) atoms. The zero-order chi connectivity index (χ0) is 12.1. The molecule has 0 amide bonds. The molecule has 0 fully saturated rings. The standard InChI is InChI=1S/C14H11NOS/c1-16-14-9-5-3-7-12(14)11-6-2-4-8-13(11)15-10-17/h2-9H,1H3. The van der Waals surface area contributed by atoms with Crippen molar-refractivity contribution in [2.45, 2.75) is 0 Å². The highest BCUT2D eigenvalue weighted by atomic mass is 32.1. The quantitative estimate of drug-likeness (QED) is 0.596. The molecular weight excluding hydrogens is 230 g/mol. The molecule has 0 aliphatic heterocycles. The molecule has 0 aromatic heterocycles. The smallest absolute Gasteiger partial charge is 0.126 e. The molecule has 0 spiro atoms. The Bertz CT molecular complexity index is 574. The average Bonchev–Trinajstić information content (AvgIpc) is 2.40. The van der Waals surface area contributed by atoms with E-state index in [4.69, 9.17) is 4.74 Å². The van der Waals surface area contributed by atoms with E-state index in [1.807, 2.05) is 48.5 Å². The van der Waals surface area contributed by atoms with Gasteiger partial charge < -0.3 is 4.74 Å². The number of benzene rings is 2. The van der Waals surface area contributed by atoms with Gasteiger partial charge in [-0.05, 0) is 24.4 Å². The molecule has 0 aliphatic carbocycles. The number of para-hydroxylation sites is 2. The first-order chi connectivity index (χ1) is 8.36. The highest BCUT2D eigenvalue weighted by molar-refractivity contribution is 7.78. The number of rotatable bonds is 3. The summed E-state index contributed by atoms with van der Waals surface area (Å²) >= 11 is 4.66. The monoisotopic (exact) mass is 241 g/mol. The third-order valence-corrected chi connectivity index (χ3v) is 2.56. The lowest BCUT2D eigenvalue weighted by atomic mass is 10.0. The van der Waals surface area contributed by atoms with Crippen molar-refractivity contribution in [3.05, 3.63) is 48.5 Å². The number of isothiocyanates is 1. The molecule has 0 radical (unpaired) electrons. The van der Waals surface area contributed by atoms with Gasteiger partial charge in [0.15, 0.2) is 0 Å². The van der Waals surface area contributed by atoms with Crippen molar-refractivity contribution in [3.8, 4) is 16.9 Å². The maximum absolute atomic E-state index is 5.34. The molecule has 84 valence electrons. The van der Waals surface area contributed by atoms with E-state index in [9.17, 15) is 0 Å². The molecule has 2 rings (SSSR count). The topological polar surface area (TPSA) is 21.6 Å². The molecule has 0 saturated carbocycles. The number of ether oxygens (including phenoxy) is 1. The van der Waals surface area contributed by atoms with Gasteiger partial charge in [0.05, 0.1) is 18.0 Å². The van der Waals surface area contributed by atoms with E-state index in [0.29, 0.717) is 0 Å². The summed E-state index contributed by atoms with van der Waals surface area (Å²) < 4.78 is 5.34. The zero-order valence-corrected chi connectivity index (χ0v) is 10.2. The first-order valence-corrected chi connectivity index (χ1v) is 5.58. The van der Waals surface area contributed by atoms with Gasteiger partial charge in [-0.15, -0.1) is 0 Å². The summed E-state index contributed by atoms with van der Waals surface area (Å²) in [5.41, 5.74) is 2.79. The minimum atomic E-state index is 0.798. The number of thiocarbonyl (C=S) groups is 1. The van der Waals surface area contributed by atoms with Crippen LogP contribution in [0.3, 0.4) is 0 Å². The Kier molecular flexibility index (Phi) is 3.66. The van der Waals surface area contributed by atoms with Crippen molar-refractivity contribution in [2.24, 2.45) is 4.99 Å². The summed E-state index contributed by atoms with van der Waals surface area (Å²) in [7, 11) is 1.66. The third-order valence-electron chi connectivity index (χ3n) is 2.47. The second kappa shape index (κ2) is 5.39. The van der Waals surface area contributed by atoms with Crippen LogP contribution < -0.4 is 4.74 Å². The van der Waals surface area contributed by atoms with Crippen LogP contribution in [0.15, 0.2) is 53.5 Å². The van der Waals surface area contributed by atoms with E-state index in [1.54, 1.807) is 7.11 Å². The SMILES string of the molecule is COc1ccccc1-c1ccccc1N=C=S. The van der Waals surface area contributed by atoms with Crippen molar-refractivity contribution in [3.63, 3.8) is 0 Å². The lowest BCUT2D eigenvalue weighted by molar-refractivity contribution is 0.416. The Morgan fingerprint density at radius 3 is 2.35 bits per heavy atom. The Morgan fingerprint density at radius 1 is 1.00 bits per heavy atom. The lowest BCUT2D eigenvalue weighted by Gasteiger charge is -2.09. The highest BCUT2D eigenvalue weighted by Gasteiger charge is 2.08. The predicted molar refractivity (Wildman–Crippen MR) is 73.1 cm³/mol. The molecule has 3 heteroatoms. The van der Waals surface area contributed by atoms with E-state index in [2.05, 4.69) is 22.4 Å². The molecule has 0 bridgehead atoms. The number of nitrogens with zero attached hydrogens (tertiary/aromatic N) is 1. The fraction of sp³-hybridized carbons (Fsp3) is 0.0714. The minimum Gasteiger partial charge on any atom is -0.496 e. The molecule has 0 N–H and O–H groups in total. The first-order valence-electron chi connectivity index (χ1n) is 5.17. The normalized spacial score (nSPS) is 9.47. The van der Waals surface area contributed by atoms with Crippen LogP contribution in [0.4, 0.5) is 5.69 Å². The van der Waals surface area contributed by atoms with Crippen LogP contribution in [0.1, 0.15) is 0 Å². The number of aliphatic imine (C=N–C) groups is 1. The van der Waals surface area contributed by atoms with Crippen molar-refractivity contribution < 1.29 is 4.74 Å². The molecule has 0 saturated heterocycles. The second-order valence-corrected chi connectivity index (χ2v) is 3.60. The van der Waals surface area contributed by atoms with Gasteiger partial charge in [0.25, 0.3) is 0 Å². The number of hydrogen-bond donors (Lipinski definition) is 0. The van der Waals surface area contributed by atoms with E-state index in [1.165, 1.54) is 0 Å². The van der Waals surface area contributed by atoms with E-state index >= 15 is 0 Å². The third kappa shape index (κ3) is 2.41. The van der Waals surface area contributed by atoms with Gasteiger partial charge in [-0.1, -0.05) is 36.4 Å².